The van der Waals surface area contributed by atoms with Gasteiger partial charge in [-0.3, -0.25) is 0 Å². The molecule has 0 fully saturated rings. The first kappa shape index (κ1) is 17.1. The highest BCUT2D eigenvalue weighted by Crippen LogP contribution is 2.24. The highest BCUT2D eigenvalue weighted by Gasteiger charge is 2.03. The van der Waals surface area contributed by atoms with Gasteiger partial charge in [0.05, 0.1) is 6.61 Å². The van der Waals surface area contributed by atoms with E-state index in [4.69, 9.17) is 16.3 Å². The molecule has 0 heterocycles. The van der Waals surface area contributed by atoms with Crippen LogP contribution in [0, 0.1) is 0 Å². The van der Waals surface area contributed by atoms with Gasteiger partial charge in [-0.05, 0) is 54.8 Å². The van der Waals surface area contributed by atoms with E-state index in [1.807, 2.05) is 45.0 Å². The summed E-state index contributed by atoms with van der Waals surface area (Å²) in [5, 5.41) is 0.798. The number of benzene rings is 2. The van der Waals surface area contributed by atoms with Crippen LogP contribution in [0.5, 0.6) is 5.75 Å². The molecule has 0 radical (unpaired) electrons. The molecule has 0 aromatic heterocycles. The van der Waals surface area contributed by atoms with Crippen molar-refractivity contribution in [3.8, 4) is 5.75 Å². The lowest BCUT2D eigenvalue weighted by Crippen LogP contribution is -1.93. The average molecular weight is 356 g/mol. The number of hydrogen-bond acceptors (Lipinski definition) is 1. The summed E-state index contributed by atoms with van der Waals surface area (Å²) in [6, 6.07) is 14.0. The molecule has 0 saturated carbocycles. The third-order valence-corrected chi connectivity index (χ3v) is 3.50. The van der Waals surface area contributed by atoms with Crippen molar-refractivity contribution in [3.05, 3.63) is 63.1 Å². The zero-order chi connectivity index (χ0) is 15.0. The van der Waals surface area contributed by atoms with Gasteiger partial charge in [0, 0.05) is 9.50 Å². The standard InChI is InChI=1S/C15H14BrClO.C2H6/c1-2-18-14-6-3-11(4-7-14)9-12-10-13(16)5-8-15(12)17;1-2/h3-8,10H,2,9H2,1H3;1-2H3. The Bertz CT molecular complexity index is 523. The van der Waals surface area contributed by atoms with Crippen LogP contribution >= 0.6 is 27.5 Å². The molecular weight excluding hydrogens is 336 g/mol. The van der Waals surface area contributed by atoms with E-state index in [2.05, 4.69) is 34.1 Å². The second-order valence-corrected chi connectivity index (χ2v) is 5.31. The molecule has 108 valence electrons. The fourth-order valence-electron chi connectivity index (χ4n) is 1.77. The van der Waals surface area contributed by atoms with Crippen molar-refractivity contribution in [3.63, 3.8) is 0 Å². The second kappa shape index (κ2) is 9.04. The molecular formula is C17H20BrClO. The maximum absolute atomic E-state index is 6.18. The fraction of sp³-hybridized carbons (Fsp3) is 0.294. The number of halogens is 2. The van der Waals surface area contributed by atoms with E-state index in [-0.39, 0.29) is 0 Å². The van der Waals surface area contributed by atoms with Gasteiger partial charge in [0.2, 0.25) is 0 Å². The van der Waals surface area contributed by atoms with Crippen molar-refractivity contribution in [1.29, 1.82) is 0 Å². The van der Waals surface area contributed by atoms with Gasteiger partial charge in [0.15, 0.2) is 0 Å². The van der Waals surface area contributed by atoms with E-state index in [1.165, 1.54) is 5.56 Å². The lowest BCUT2D eigenvalue weighted by molar-refractivity contribution is 0.340. The first-order valence-electron chi connectivity index (χ1n) is 6.84. The average Bonchev–Trinajstić information content (AvgIpc) is 2.47. The number of hydrogen-bond donors (Lipinski definition) is 0. The summed E-state index contributed by atoms with van der Waals surface area (Å²) in [4.78, 5) is 0. The Morgan fingerprint density at radius 1 is 1.05 bits per heavy atom. The Balaban J connectivity index is 0.000000956. The van der Waals surface area contributed by atoms with E-state index in [1.54, 1.807) is 0 Å². The first-order valence-corrected chi connectivity index (χ1v) is 8.02. The van der Waals surface area contributed by atoms with E-state index in [0.29, 0.717) is 6.61 Å². The zero-order valence-corrected chi connectivity index (χ0v) is 14.5. The Hall–Kier alpha value is -0.990. The molecule has 0 atom stereocenters. The smallest absolute Gasteiger partial charge is 0.119 e. The fourth-order valence-corrected chi connectivity index (χ4v) is 2.36. The van der Waals surface area contributed by atoms with Crippen LogP contribution in [0.2, 0.25) is 5.02 Å². The first-order chi connectivity index (χ1) is 9.69. The van der Waals surface area contributed by atoms with Crippen LogP contribution in [-0.2, 0) is 6.42 Å². The summed E-state index contributed by atoms with van der Waals surface area (Å²) < 4.78 is 6.47. The van der Waals surface area contributed by atoms with E-state index in [9.17, 15) is 0 Å². The SMILES string of the molecule is CC.CCOc1ccc(Cc2cc(Br)ccc2Cl)cc1. The van der Waals surface area contributed by atoms with Gasteiger partial charge in [0.1, 0.15) is 5.75 Å². The molecule has 20 heavy (non-hydrogen) atoms. The monoisotopic (exact) mass is 354 g/mol. The lowest BCUT2D eigenvalue weighted by Gasteiger charge is -2.07. The van der Waals surface area contributed by atoms with Crippen LogP contribution in [0.1, 0.15) is 31.9 Å². The summed E-state index contributed by atoms with van der Waals surface area (Å²) in [6.45, 7) is 6.67. The normalized spacial score (nSPS) is 9.65. The van der Waals surface area contributed by atoms with Crippen molar-refractivity contribution >= 4 is 27.5 Å². The van der Waals surface area contributed by atoms with Gasteiger partial charge in [-0.15, -0.1) is 0 Å². The van der Waals surface area contributed by atoms with Crippen LogP contribution in [0.3, 0.4) is 0 Å². The van der Waals surface area contributed by atoms with Crippen molar-refractivity contribution in [1.82, 2.24) is 0 Å². The van der Waals surface area contributed by atoms with Crippen molar-refractivity contribution < 1.29 is 4.74 Å². The molecule has 0 aliphatic heterocycles. The third kappa shape index (κ3) is 5.18. The van der Waals surface area contributed by atoms with E-state index < -0.39 is 0 Å². The van der Waals surface area contributed by atoms with Crippen molar-refractivity contribution in [2.45, 2.75) is 27.2 Å². The topological polar surface area (TPSA) is 9.23 Å². The van der Waals surface area contributed by atoms with Crippen molar-refractivity contribution in [2.75, 3.05) is 6.61 Å². The second-order valence-electron chi connectivity index (χ2n) is 3.99. The molecule has 2 rings (SSSR count). The van der Waals surface area contributed by atoms with Crippen LogP contribution in [0.25, 0.3) is 0 Å². The van der Waals surface area contributed by atoms with Gasteiger partial charge < -0.3 is 4.74 Å². The Labute approximate surface area is 135 Å². The summed E-state index contributed by atoms with van der Waals surface area (Å²) in [6.07, 6.45) is 0.824. The predicted octanol–water partition coefficient (Wildman–Crippen LogP) is 6.12. The molecule has 0 unspecified atom stereocenters. The zero-order valence-electron chi connectivity index (χ0n) is 12.1. The van der Waals surface area contributed by atoms with Crippen LogP contribution in [0.4, 0.5) is 0 Å². The van der Waals surface area contributed by atoms with Gasteiger partial charge in [-0.2, -0.15) is 0 Å². The molecule has 2 aromatic rings. The maximum Gasteiger partial charge on any atom is 0.119 e. The molecule has 1 nitrogen and oxygen atoms in total. The molecule has 0 amide bonds. The Morgan fingerprint density at radius 3 is 2.30 bits per heavy atom. The Morgan fingerprint density at radius 2 is 1.70 bits per heavy atom. The quantitative estimate of drug-likeness (QED) is 0.642. The molecule has 0 bridgehead atoms. The number of rotatable bonds is 4. The maximum atomic E-state index is 6.18. The van der Waals surface area contributed by atoms with Gasteiger partial charge in [-0.1, -0.05) is 53.5 Å². The third-order valence-electron chi connectivity index (χ3n) is 2.64. The molecule has 0 aliphatic rings. The molecule has 0 N–H and O–H groups in total. The molecule has 2 aromatic carbocycles. The largest absolute Gasteiger partial charge is 0.494 e. The minimum Gasteiger partial charge on any atom is -0.494 e. The predicted molar refractivity (Wildman–Crippen MR) is 90.9 cm³/mol. The minimum atomic E-state index is 0.691. The Kier molecular flexibility index (Phi) is 7.71. The summed E-state index contributed by atoms with van der Waals surface area (Å²) in [7, 11) is 0. The molecule has 3 heteroatoms. The molecule has 0 saturated heterocycles. The van der Waals surface area contributed by atoms with E-state index in [0.717, 1.165) is 27.2 Å². The van der Waals surface area contributed by atoms with Gasteiger partial charge >= 0.3 is 0 Å². The summed E-state index contributed by atoms with van der Waals surface area (Å²) in [5.74, 6) is 0.904. The van der Waals surface area contributed by atoms with Crippen LogP contribution in [0.15, 0.2) is 46.9 Å². The number of ether oxygens (including phenoxy) is 1. The summed E-state index contributed by atoms with van der Waals surface area (Å²) in [5.41, 5.74) is 2.34. The van der Waals surface area contributed by atoms with Crippen LogP contribution < -0.4 is 4.74 Å². The molecule has 0 aliphatic carbocycles. The van der Waals surface area contributed by atoms with Crippen molar-refractivity contribution in [2.24, 2.45) is 0 Å². The highest BCUT2D eigenvalue weighted by atomic mass is 79.9. The lowest BCUT2D eigenvalue weighted by atomic mass is 10.1. The molecule has 0 spiro atoms. The minimum absolute atomic E-state index is 0.691. The van der Waals surface area contributed by atoms with Gasteiger partial charge in [0.25, 0.3) is 0 Å². The van der Waals surface area contributed by atoms with E-state index >= 15 is 0 Å². The van der Waals surface area contributed by atoms with Gasteiger partial charge in [-0.25, -0.2) is 0 Å². The van der Waals surface area contributed by atoms with Crippen LogP contribution in [-0.4, -0.2) is 6.61 Å². The summed E-state index contributed by atoms with van der Waals surface area (Å²) >= 11 is 9.64. The highest BCUT2D eigenvalue weighted by molar-refractivity contribution is 9.10.